The SMILES string of the molecule is O=C(NC(C(=O)NC1CCCNC1)c1ccccc1)c1ccccc1. The van der Waals surface area contributed by atoms with E-state index in [0.717, 1.165) is 31.5 Å². The third kappa shape index (κ3) is 4.67. The van der Waals surface area contributed by atoms with Crippen LogP contribution in [-0.2, 0) is 4.79 Å². The zero-order chi connectivity index (χ0) is 17.5. The van der Waals surface area contributed by atoms with Gasteiger partial charge < -0.3 is 16.0 Å². The minimum Gasteiger partial charge on any atom is -0.350 e. The first-order valence-electron chi connectivity index (χ1n) is 8.66. The molecule has 0 bridgehead atoms. The molecule has 1 aliphatic rings. The number of hydrogen-bond donors (Lipinski definition) is 3. The fourth-order valence-electron chi connectivity index (χ4n) is 3.01. The Bertz CT molecular complexity index is 697. The van der Waals surface area contributed by atoms with Crippen LogP contribution in [0.2, 0.25) is 0 Å². The van der Waals surface area contributed by atoms with Gasteiger partial charge in [-0.1, -0.05) is 48.5 Å². The smallest absolute Gasteiger partial charge is 0.252 e. The zero-order valence-corrected chi connectivity index (χ0v) is 14.1. The molecule has 3 N–H and O–H groups in total. The second-order valence-corrected chi connectivity index (χ2v) is 6.24. The van der Waals surface area contributed by atoms with E-state index in [2.05, 4.69) is 16.0 Å². The van der Waals surface area contributed by atoms with Crippen LogP contribution < -0.4 is 16.0 Å². The predicted molar refractivity (Wildman–Crippen MR) is 97.1 cm³/mol. The third-order valence-corrected chi connectivity index (χ3v) is 4.35. The van der Waals surface area contributed by atoms with Gasteiger partial charge in [0.2, 0.25) is 5.91 Å². The standard InChI is InChI=1S/C20H23N3O2/c24-19(16-10-5-2-6-11-16)23-18(15-8-3-1-4-9-15)20(25)22-17-12-7-13-21-14-17/h1-6,8-11,17-18,21H,7,12-14H2,(H,22,25)(H,23,24). The molecule has 2 atom stereocenters. The Kier molecular flexibility index (Phi) is 5.80. The second-order valence-electron chi connectivity index (χ2n) is 6.24. The average Bonchev–Trinajstić information content (AvgIpc) is 2.68. The lowest BCUT2D eigenvalue weighted by Crippen LogP contribution is -2.49. The number of carbonyl (C=O) groups is 2. The van der Waals surface area contributed by atoms with Gasteiger partial charge in [-0.25, -0.2) is 0 Å². The van der Waals surface area contributed by atoms with E-state index in [0.29, 0.717) is 5.56 Å². The van der Waals surface area contributed by atoms with Crippen LogP contribution in [0.15, 0.2) is 60.7 Å². The number of amides is 2. The van der Waals surface area contributed by atoms with Gasteiger partial charge in [0, 0.05) is 18.2 Å². The van der Waals surface area contributed by atoms with Crippen molar-refractivity contribution in [2.24, 2.45) is 0 Å². The highest BCUT2D eigenvalue weighted by molar-refractivity contribution is 5.97. The summed E-state index contributed by atoms with van der Waals surface area (Å²) in [4.78, 5) is 25.3. The molecule has 0 aliphatic carbocycles. The minimum atomic E-state index is -0.712. The molecule has 2 aromatic carbocycles. The second kappa shape index (κ2) is 8.44. The molecule has 0 aromatic heterocycles. The minimum absolute atomic E-state index is 0.0982. The summed E-state index contributed by atoms with van der Waals surface area (Å²) in [7, 11) is 0. The molecule has 1 heterocycles. The lowest BCUT2D eigenvalue weighted by molar-refractivity contribution is -0.124. The summed E-state index contributed by atoms with van der Waals surface area (Å²) in [6.45, 7) is 1.75. The molecule has 25 heavy (non-hydrogen) atoms. The number of hydrogen-bond acceptors (Lipinski definition) is 3. The third-order valence-electron chi connectivity index (χ3n) is 4.35. The van der Waals surface area contributed by atoms with Crippen LogP contribution in [-0.4, -0.2) is 30.9 Å². The molecule has 0 radical (unpaired) electrons. The Morgan fingerprint density at radius 2 is 1.68 bits per heavy atom. The van der Waals surface area contributed by atoms with Crippen molar-refractivity contribution in [3.05, 3.63) is 71.8 Å². The van der Waals surface area contributed by atoms with Gasteiger partial charge in [0.15, 0.2) is 0 Å². The summed E-state index contributed by atoms with van der Waals surface area (Å²) in [6.07, 6.45) is 1.99. The van der Waals surface area contributed by atoms with Crippen molar-refractivity contribution in [2.45, 2.75) is 24.9 Å². The van der Waals surface area contributed by atoms with Crippen molar-refractivity contribution in [1.29, 1.82) is 0 Å². The molecular weight excluding hydrogens is 314 g/mol. The molecule has 0 spiro atoms. The highest BCUT2D eigenvalue weighted by Crippen LogP contribution is 2.15. The summed E-state index contributed by atoms with van der Waals surface area (Å²) in [5.74, 6) is -0.435. The molecule has 2 aromatic rings. The largest absolute Gasteiger partial charge is 0.350 e. The molecular formula is C20H23N3O2. The zero-order valence-electron chi connectivity index (χ0n) is 14.1. The van der Waals surface area contributed by atoms with E-state index in [1.807, 2.05) is 36.4 Å². The number of carbonyl (C=O) groups excluding carboxylic acids is 2. The van der Waals surface area contributed by atoms with Gasteiger partial charge >= 0.3 is 0 Å². The lowest BCUT2D eigenvalue weighted by Gasteiger charge is -2.27. The van der Waals surface area contributed by atoms with Crippen molar-refractivity contribution < 1.29 is 9.59 Å². The molecule has 1 aliphatic heterocycles. The van der Waals surface area contributed by atoms with Gasteiger partial charge in [0.05, 0.1) is 0 Å². The fraction of sp³-hybridized carbons (Fsp3) is 0.300. The van der Waals surface area contributed by atoms with Gasteiger partial charge in [-0.05, 0) is 37.1 Å². The maximum absolute atomic E-state index is 12.8. The summed E-state index contributed by atoms with van der Waals surface area (Å²) in [5, 5.41) is 9.21. The number of benzene rings is 2. The first-order chi connectivity index (χ1) is 12.2. The Labute approximate surface area is 147 Å². The first kappa shape index (κ1) is 17.2. The number of nitrogens with one attached hydrogen (secondary N) is 3. The van der Waals surface area contributed by atoms with E-state index in [1.165, 1.54) is 0 Å². The highest BCUT2D eigenvalue weighted by atomic mass is 16.2. The van der Waals surface area contributed by atoms with Crippen LogP contribution in [0, 0.1) is 0 Å². The van der Waals surface area contributed by atoms with Gasteiger partial charge in [-0.2, -0.15) is 0 Å². The van der Waals surface area contributed by atoms with Crippen molar-refractivity contribution in [1.82, 2.24) is 16.0 Å². The Hall–Kier alpha value is -2.66. The monoisotopic (exact) mass is 337 g/mol. The van der Waals surface area contributed by atoms with Crippen LogP contribution in [0.1, 0.15) is 34.8 Å². The van der Waals surface area contributed by atoms with Crippen molar-refractivity contribution in [3.63, 3.8) is 0 Å². The molecule has 130 valence electrons. The normalized spacial score (nSPS) is 18.2. The van der Waals surface area contributed by atoms with Crippen LogP contribution in [0.25, 0.3) is 0 Å². The van der Waals surface area contributed by atoms with Crippen LogP contribution >= 0.6 is 0 Å². The molecule has 2 amide bonds. The first-order valence-corrected chi connectivity index (χ1v) is 8.66. The maximum Gasteiger partial charge on any atom is 0.252 e. The van der Waals surface area contributed by atoms with Crippen LogP contribution in [0.4, 0.5) is 0 Å². The quantitative estimate of drug-likeness (QED) is 0.782. The Balaban J connectivity index is 1.75. The molecule has 2 unspecified atom stereocenters. The van der Waals surface area contributed by atoms with Crippen LogP contribution in [0.3, 0.4) is 0 Å². The van der Waals surface area contributed by atoms with Crippen molar-refractivity contribution >= 4 is 11.8 Å². The van der Waals surface area contributed by atoms with Gasteiger partial charge in [0.1, 0.15) is 6.04 Å². The molecule has 5 heteroatoms. The fourth-order valence-corrected chi connectivity index (χ4v) is 3.01. The predicted octanol–water partition coefficient (Wildman–Crippen LogP) is 2.03. The number of rotatable bonds is 5. The Morgan fingerprint density at radius 3 is 2.32 bits per heavy atom. The highest BCUT2D eigenvalue weighted by Gasteiger charge is 2.25. The van der Waals surface area contributed by atoms with Crippen molar-refractivity contribution in [3.8, 4) is 0 Å². The van der Waals surface area contributed by atoms with Gasteiger partial charge in [-0.15, -0.1) is 0 Å². The molecule has 3 rings (SSSR count). The summed E-state index contributed by atoms with van der Waals surface area (Å²) in [5.41, 5.74) is 1.31. The van der Waals surface area contributed by atoms with E-state index < -0.39 is 6.04 Å². The average molecular weight is 337 g/mol. The van der Waals surface area contributed by atoms with E-state index >= 15 is 0 Å². The summed E-state index contributed by atoms with van der Waals surface area (Å²) in [6, 6.07) is 17.7. The number of piperidine rings is 1. The van der Waals surface area contributed by atoms with Gasteiger partial charge in [0.25, 0.3) is 5.91 Å². The van der Waals surface area contributed by atoms with E-state index in [9.17, 15) is 9.59 Å². The summed E-state index contributed by atoms with van der Waals surface area (Å²) < 4.78 is 0. The van der Waals surface area contributed by atoms with Gasteiger partial charge in [-0.3, -0.25) is 9.59 Å². The molecule has 1 saturated heterocycles. The van der Waals surface area contributed by atoms with Crippen LogP contribution in [0.5, 0.6) is 0 Å². The molecule has 0 saturated carbocycles. The van der Waals surface area contributed by atoms with E-state index in [4.69, 9.17) is 0 Å². The molecule has 5 nitrogen and oxygen atoms in total. The lowest BCUT2D eigenvalue weighted by atomic mass is 10.0. The maximum atomic E-state index is 12.8. The Morgan fingerprint density at radius 1 is 1.00 bits per heavy atom. The van der Waals surface area contributed by atoms with Crippen molar-refractivity contribution in [2.75, 3.05) is 13.1 Å². The van der Waals surface area contributed by atoms with E-state index in [1.54, 1.807) is 24.3 Å². The topological polar surface area (TPSA) is 70.2 Å². The van der Waals surface area contributed by atoms with E-state index in [-0.39, 0.29) is 17.9 Å². The summed E-state index contributed by atoms with van der Waals surface area (Å²) >= 11 is 0. The molecule has 1 fully saturated rings.